The number of fused-ring (bicyclic) bond motifs is 1. The van der Waals surface area contributed by atoms with Gasteiger partial charge in [-0.15, -0.1) is 0 Å². The standard InChI is InChI=1S/C9H7N7O2S/c1-14-3-13-9(16(17)18)7(14)5-6-8(11-2-10-5)15(19)4-12-6/h2-4,19H,1H3. The molecule has 0 aliphatic rings. The second-order valence-corrected chi connectivity index (χ2v) is 4.20. The van der Waals surface area contributed by atoms with Crippen molar-refractivity contribution in [3.63, 3.8) is 0 Å². The van der Waals surface area contributed by atoms with Crippen molar-refractivity contribution < 1.29 is 4.92 Å². The highest BCUT2D eigenvalue weighted by Gasteiger charge is 2.25. The molecule has 0 aliphatic carbocycles. The average Bonchev–Trinajstić information content (AvgIpc) is 2.94. The van der Waals surface area contributed by atoms with Crippen LogP contribution in [0, 0.1) is 10.1 Å². The number of thiol groups is 1. The Morgan fingerprint density at radius 2 is 2.05 bits per heavy atom. The van der Waals surface area contributed by atoms with Gasteiger partial charge in [0.25, 0.3) is 0 Å². The Kier molecular flexibility index (Phi) is 2.45. The van der Waals surface area contributed by atoms with Crippen LogP contribution in [0.15, 0.2) is 19.0 Å². The van der Waals surface area contributed by atoms with Crippen LogP contribution in [-0.2, 0) is 7.05 Å². The first-order valence-electron chi connectivity index (χ1n) is 5.13. The Bertz CT molecular complexity index is 793. The first-order valence-corrected chi connectivity index (χ1v) is 5.53. The zero-order valence-electron chi connectivity index (χ0n) is 9.63. The molecule has 3 heterocycles. The largest absolute Gasteiger partial charge is 0.391 e. The van der Waals surface area contributed by atoms with Gasteiger partial charge >= 0.3 is 5.82 Å². The van der Waals surface area contributed by atoms with Gasteiger partial charge in [-0.1, -0.05) is 12.8 Å². The van der Waals surface area contributed by atoms with Crippen molar-refractivity contribution in [3.05, 3.63) is 29.1 Å². The second-order valence-electron chi connectivity index (χ2n) is 3.77. The Balaban J connectivity index is 2.36. The molecule has 0 spiro atoms. The Hall–Kier alpha value is -2.49. The fraction of sp³-hybridized carbons (Fsp3) is 0.111. The summed E-state index contributed by atoms with van der Waals surface area (Å²) < 4.78 is 2.94. The van der Waals surface area contributed by atoms with E-state index in [9.17, 15) is 10.1 Å². The average molecular weight is 277 g/mol. The molecule has 0 saturated carbocycles. The molecule has 3 rings (SSSR count). The van der Waals surface area contributed by atoms with E-state index in [0.29, 0.717) is 16.9 Å². The van der Waals surface area contributed by atoms with Crippen molar-refractivity contribution >= 4 is 29.8 Å². The number of rotatable bonds is 2. The first-order chi connectivity index (χ1) is 9.09. The van der Waals surface area contributed by atoms with E-state index in [2.05, 4.69) is 32.8 Å². The van der Waals surface area contributed by atoms with Gasteiger partial charge < -0.3 is 14.7 Å². The molecular weight excluding hydrogens is 270 g/mol. The highest BCUT2D eigenvalue weighted by molar-refractivity contribution is 7.78. The molecule has 0 aliphatic heterocycles. The fourth-order valence-corrected chi connectivity index (χ4v) is 2.02. The predicted molar refractivity (Wildman–Crippen MR) is 68.6 cm³/mol. The van der Waals surface area contributed by atoms with Gasteiger partial charge in [0.1, 0.15) is 23.9 Å². The van der Waals surface area contributed by atoms with E-state index in [4.69, 9.17) is 0 Å². The van der Waals surface area contributed by atoms with E-state index >= 15 is 0 Å². The van der Waals surface area contributed by atoms with Crippen LogP contribution in [0.25, 0.3) is 22.6 Å². The molecule has 0 radical (unpaired) electrons. The summed E-state index contributed by atoms with van der Waals surface area (Å²) >= 11 is 4.15. The molecule has 0 saturated heterocycles. The highest BCUT2D eigenvalue weighted by atomic mass is 32.1. The van der Waals surface area contributed by atoms with E-state index in [-0.39, 0.29) is 11.5 Å². The van der Waals surface area contributed by atoms with Crippen molar-refractivity contribution in [3.8, 4) is 11.4 Å². The summed E-state index contributed by atoms with van der Waals surface area (Å²) in [5, 5.41) is 11.0. The normalized spacial score (nSPS) is 11.1. The maximum atomic E-state index is 11.0. The fourth-order valence-electron chi connectivity index (χ4n) is 1.82. The summed E-state index contributed by atoms with van der Waals surface area (Å²) in [6.45, 7) is 0. The number of nitro groups is 1. The summed E-state index contributed by atoms with van der Waals surface area (Å²) in [7, 11) is 1.65. The molecule has 10 heteroatoms. The third kappa shape index (κ3) is 1.64. The van der Waals surface area contributed by atoms with E-state index in [1.807, 2.05) is 0 Å². The monoisotopic (exact) mass is 277 g/mol. The summed E-state index contributed by atoms with van der Waals surface area (Å²) in [6, 6.07) is 0. The molecule has 19 heavy (non-hydrogen) atoms. The molecular formula is C9H7N7O2S. The maximum absolute atomic E-state index is 11.0. The maximum Gasteiger partial charge on any atom is 0.391 e. The van der Waals surface area contributed by atoms with Crippen LogP contribution in [0.4, 0.5) is 5.82 Å². The van der Waals surface area contributed by atoms with Gasteiger partial charge in [-0.05, 0) is 9.91 Å². The minimum Gasteiger partial charge on any atom is -0.358 e. The zero-order chi connectivity index (χ0) is 13.6. The van der Waals surface area contributed by atoms with E-state index in [1.165, 1.54) is 27.5 Å². The van der Waals surface area contributed by atoms with Gasteiger partial charge in [-0.25, -0.2) is 15.0 Å². The predicted octanol–water partition coefficient (Wildman–Crippen LogP) is 0.828. The lowest BCUT2D eigenvalue weighted by atomic mass is 10.2. The summed E-state index contributed by atoms with van der Waals surface area (Å²) in [5.74, 6) is -0.267. The number of aryl methyl sites for hydroxylation is 1. The van der Waals surface area contributed by atoms with Gasteiger partial charge in [0.2, 0.25) is 6.33 Å². The Morgan fingerprint density at radius 1 is 1.26 bits per heavy atom. The van der Waals surface area contributed by atoms with Crippen LogP contribution < -0.4 is 0 Å². The van der Waals surface area contributed by atoms with Crippen molar-refractivity contribution in [2.24, 2.45) is 7.05 Å². The number of aromatic nitrogens is 6. The molecule has 3 aromatic heterocycles. The Labute approximate surface area is 111 Å². The van der Waals surface area contributed by atoms with Gasteiger partial charge in [0, 0.05) is 7.05 Å². The topological polar surface area (TPSA) is 105 Å². The Morgan fingerprint density at radius 3 is 2.79 bits per heavy atom. The molecule has 0 aromatic carbocycles. The van der Waals surface area contributed by atoms with Crippen molar-refractivity contribution in [1.29, 1.82) is 0 Å². The van der Waals surface area contributed by atoms with Gasteiger partial charge in [-0.3, -0.25) is 3.97 Å². The molecule has 0 bridgehead atoms. The third-order valence-electron chi connectivity index (χ3n) is 2.63. The van der Waals surface area contributed by atoms with E-state index < -0.39 is 4.92 Å². The van der Waals surface area contributed by atoms with Crippen molar-refractivity contribution in [2.45, 2.75) is 0 Å². The van der Waals surface area contributed by atoms with E-state index in [0.717, 1.165) is 0 Å². The smallest absolute Gasteiger partial charge is 0.358 e. The third-order valence-corrected chi connectivity index (χ3v) is 2.92. The van der Waals surface area contributed by atoms with Gasteiger partial charge in [-0.2, -0.15) is 0 Å². The molecule has 3 aromatic rings. The molecule has 0 unspecified atom stereocenters. The SMILES string of the molecule is Cn1cnc([N+](=O)[O-])c1-c1ncnc2c1ncn2S. The molecule has 0 fully saturated rings. The molecule has 0 amide bonds. The first kappa shape index (κ1) is 11.6. The number of imidazole rings is 2. The van der Waals surface area contributed by atoms with Gasteiger partial charge in [0.15, 0.2) is 11.3 Å². The van der Waals surface area contributed by atoms with Crippen LogP contribution in [0.5, 0.6) is 0 Å². The van der Waals surface area contributed by atoms with E-state index in [1.54, 1.807) is 7.05 Å². The van der Waals surface area contributed by atoms with Crippen molar-refractivity contribution in [1.82, 2.24) is 28.5 Å². The van der Waals surface area contributed by atoms with Gasteiger partial charge in [0.05, 0.1) is 0 Å². The van der Waals surface area contributed by atoms with Crippen LogP contribution in [-0.4, -0.2) is 33.4 Å². The lowest BCUT2D eigenvalue weighted by Gasteiger charge is -2.01. The molecule has 96 valence electrons. The minimum absolute atomic E-state index is 0.267. The van der Waals surface area contributed by atoms with Crippen LogP contribution in [0.1, 0.15) is 0 Å². The van der Waals surface area contributed by atoms with Crippen LogP contribution in [0.3, 0.4) is 0 Å². The van der Waals surface area contributed by atoms with Crippen molar-refractivity contribution in [2.75, 3.05) is 0 Å². The second kappa shape index (κ2) is 4.02. The number of hydrogen-bond acceptors (Lipinski definition) is 7. The van der Waals surface area contributed by atoms with Crippen LogP contribution >= 0.6 is 12.8 Å². The lowest BCUT2D eigenvalue weighted by Crippen LogP contribution is -1.98. The molecule has 9 nitrogen and oxygen atoms in total. The molecule has 0 atom stereocenters. The zero-order valence-corrected chi connectivity index (χ0v) is 10.5. The quantitative estimate of drug-likeness (QED) is 0.422. The summed E-state index contributed by atoms with van der Waals surface area (Å²) in [6.07, 6.45) is 4.12. The number of hydrogen-bond donors (Lipinski definition) is 1. The number of nitrogens with zero attached hydrogens (tertiary/aromatic N) is 7. The minimum atomic E-state index is -0.555. The highest BCUT2D eigenvalue weighted by Crippen LogP contribution is 2.30. The molecule has 0 N–H and O–H groups in total. The summed E-state index contributed by atoms with van der Waals surface area (Å²) in [5.41, 5.74) is 1.54. The van der Waals surface area contributed by atoms with Crippen LogP contribution in [0.2, 0.25) is 0 Å². The summed E-state index contributed by atoms with van der Waals surface area (Å²) in [4.78, 5) is 26.4. The lowest BCUT2D eigenvalue weighted by molar-refractivity contribution is -0.388.